The van der Waals surface area contributed by atoms with E-state index in [0.29, 0.717) is 24.6 Å². The molecule has 0 unspecified atom stereocenters. The highest BCUT2D eigenvalue weighted by Crippen LogP contribution is 2.25. The van der Waals surface area contributed by atoms with E-state index >= 15 is 0 Å². The molecule has 6 nitrogen and oxygen atoms in total. The molecule has 23 heavy (non-hydrogen) atoms. The van der Waals surface area contributed by atoms with E-state index in [1.807, 2.05) is 31.2 Å². The Morgan fingerprint density at radius 2 is 2.17 bits per heavy atom. The van der Waals surface area contributed by atoms with Crippen LogP contribution in [0.3, 0.4) is 0 Å². The van der Waals surface area contributed by atoms with Gasteiger partial charge in [0.2, 0.25) is 11.9 Å². The molecule has 0 fully saturated rings. The van der Waals surface area contributed by atoms with Crippen molar-refractivity contribution in [1.29, 1.82) is 0 Å². The molecule has 2 aromatic rings. The van der Waals surface area contributed by atoms with Crippen LogP contribution in [0.5, 0.6) is 0 Å². The van der Waals surface area contributed by atoms with Gasteiger partial charge in [-0.2, -0.15) is 11.3 Å². The zero-order valence-corrected chi connectivity index (χ0v) is 14.5. The molecule has 7 heteroatoms. The van der Waals surface area contributed by atoms with E-state index < -0.39 is 11.4 Å². The third kappa shape index (κ3) is 4.05. The average Bonchev–Trinajstić information content (AvgIpc) is 2.99. The first-order valence-corrected chi connectivity index (χ1v) is 8.41. The number of carbonyl (C=O) groups excluding carboxylic acids is 1. The molecule has 2 rings (SSSR count). The molecule has 2 aromatic heterocycles. The van der Waals surface area contributed by atoms with E-state index in [4.69, 9.17) is 11.5 Å². The molecule has 0 spiro atoms. The van der Waals surface area contributed by atoms with Crippen molar-refractivity contribution in [2.24, 2.45) is 17.4 Å². The summed E-state index contributed by atoms with van der Waals surface area (Å²) in [6.45, 7) is 4.68. The molecule has 0 bridgehead atoms. The fraction of sp³-hybridized carbons (Fsp3) is 0.438. The van der Waals surface area contributed by atoms with Crippen molar-refractivity contribution in [3.05, 3.63) is 40.3 Å². The lowest BCUT2D eigenvalue weighted by molar-refractivity contribution is -0.124. The standard InChI is InChI=1S/C16H23N5OS/c1-11(2)8-16(18,14(17)22)13-4-6-19-15(20-13)21(3)9-12-5-7-23-10-12/h4-7,10-11H,8-9,18H2,1-3H3,(H2,17,22)/t16-/m1/s1. The van der Waals surface area contributed by atoms with Crippen molar-refractivity contribution in [3.8, 4) is 0 Å². The van der Waals surface area contributed by atoms with Crippen LogP contribution < -0.4 is 16.4 Å². The largest absolute Gasteiger partial charge is 0.368 e. The highest BCUT2D eigenvalue weighted by molar-refractivity contribution is 7.07. The lowest BCUT2D eigenvalue weighted by Gasteiger charge is -2.28. The minimum Gasteiger partial charge on any atom is -0.368 e. The molecule has 0 aliphatic heterocycles. The molecule has 0 saturated carbocycles. The monoisotopic (exact) mass is 333 g/mol. The van der Waals surface area contributed by atoms with Crippen LogP contribution in [0.2, 0.25) is 0 Å². The number of anilines is 1. The first-order chi connectivity index (χ1) is 10.8. The number of nitrogens with two attached hydrogens (primary N) is 2. The van der Waals surface area contributed by atoms with Gasteiger partial charge in [0, 0.05) is 19.8 Å². The minimum absolute atomic E-state index is 0.217. The van der Waals surface area contributed by atoms with E-state index in [1.54, 1.807) is 23.6 Å². The summed E-state index contributed by atoms with van der Waals surface area (Å²) < 4.78 is 0. The fourth-order valence-electron chi connectivity index (χ4n) is 2.48. The molecule has 2 heterocycles. The molecular weight excluding hydrogens is 310 g/mol. The zero-order valence-electron chi connectivity index (χ0n) is 13.7. The normalized spacial score (nSPS) is 13.8. The second-order valence-corrected chi connectivity index (χ2v) is 6.94. The van der Waals surface area contributed by atoms with Crippen molar-refractivity contribution >= 4 is 23.2 Å². The number of nitrogens with zero attached hydrogens (tertiary/aromatic N) is 3. The second-order valence-electron chi connectivity index (χ2n) is 6.16. The van der Waals surface area contributed by atoms with Gasteiger partial charge in [0.25, 0.3) is 0 Å². The Labute approximate surface area is 140 Å². The fourth-order valence-corrected chi connectivity index (χ4v) is 3.14. The van der Waals surface area contributed by atoms with Gasteiger partial charge in [-0.15, -0.1) is 0 Å². The third-order valence-corrected chi connectivity index (χ3v) is 4.34. The number of hydrogen-bond acceptors (Lipinski definition) is 6. The van der Waals surface area contributed by atoms with Crippen LogP contribution in [0.15, 0.2) is 29.1 Å². The van der Waals surface area contributed by atoms with Crippen LogP contribution in [0.4, 0.5) is 5.95 Å². The van der Waals surface area contributed by atoms with Crippen LogP contribution >= 0.6 is 11.3 Å². The molecule has 0 aromatic carbocycles. The third-order valence-electron chi connectivity index (χ3n) is 3.61. The van der Waals surface area contributed by atoms with Crippen molar-refractivity contribution in [1.82, 2.24) is 9.97 Å². The van der Waals surface area contributed by atoms with Crippen molar-refractivity contribution in [2.45, 2.75) is 32.4 Å². The van der Waals surface area contributed by atoms with Gasteiger partial charge in [-0.3, -0.25) is 4.79 Å². The zero-order chi connectivity index (χ0) is 17.0. The highest BCUT2D eigenvalue weighted by atomic mass is 32.1. The van der Waals surface area contributed by atoms with Gasteiger partial charge in [-0.25, -0.2) is 9.97 Å². The predicted octanol–water partition coefficient (Wildman–Crippen LogP) is 1.86. The van der Waals surface area contributed by atoms with Gasteiger partial charge < -0.3 is 16.4 Å². The van der Waals surface area contributed by atoms with Crippen LogP contribution in [0.25, 0.3) is 0 Å². The Bertz CT molecular complexity index is 658. The first kappa shape index (κ1) is 17.4. The number of hydrogen-bond donors (Lipinski definition) is 2. The SMILES string of the molecule is CC(C)C[C@](N)(C(N)=O)c1ccnc(N(C)Cc2ccsc2)n1. The Kier molecular flexibility index (Phi) is 5.33. The molecular formula is C16H23N5OS. The molecule has 0 aliphatic rings. The summed E-state index contributed by atoms with van der Waals surface area (Å²) in [6.07, 6.45) is 2.06. The molecule has 124 valence electrons. The number of carbonyl (C=O) groups is 1. The van der Waals surface area contributed by atoms with Gasteiger partial charge in [-0.1, -0.05) is 13.8 Å². The predicted molar refractivity (Wildman–Crippen MR) is 93.0 cm³/mol. The summed E-state index contributed by atoms with van der Waals surface area (Å²) >= 11 is 1.65. The van der Waals surface area contributed by atoms with E-state index in [2.05, 4.69) is 21.4 Å². The Balaban J connectivity index is 2.28. The number of thiophene rings is 1. The molecule has 0 radical (unpaired) electrons. The first-order valence-electron chi connectivity index (χ1n) is 7.47. The van der Waals surface area contributed by atoms with Crippen molar-refractivity contribution in [3.63, 3.8) is 0 Å². The van der Waals surface area contributed by atoms with Crippen LogP contribution in [0.1, 0.15) is 31.5 Å². The summed E-state index contributed by atoms with van der Waals surface area (Å²) in [4.78, 5) is 22.6. The van der Waals surface area contributed by atoms with E-state index in [1.165, 1.54) is 5.56 Å². The van der Waals surface area contributed by atoms with Gasteiger partial charge >= 0.3 is 0 Å². The second kappa shape index (κ2) is 7.06. The lowest BCUT2D eigenvalue weighted by atomic mass is 9.86. The van der Waals surface area contributed by atoms with Crippen molar-refractivity contribution in [2.75, 3.05) is 11.9 Å². The van der Waals surface area contributed by atoms with E-state index in [-0.39, 0.29) is 5.92 Å². The van der Waals surface area contributed by atoms with Crippen LogP contribution in [0, 0.1) is 5.92 Å². The number of amides is 1. The van der Waals surface area contributed by atoms with Crippen molar-refractivity contribution < 1.29 is 4.79 Å². The maximum atomic E-state index is 11.9. The van der Waals surface area contributed by atoms with Crippen LogP contribution in [-0.2, 0) is 16.9 Å². The smallest absolute Gasteiger partial charge is 0.243 e. The summed E-state index contributed by atoms with van der Waals surface area (Å²) in [6, 6.07) is 3.72. The lowest BCUT2D eigenvalue weighted by Crippen LogP contribution is -2.50. The quantitative estimate of drug-likeness (QED) is 0.806. The van der Waals surface area contributed by atoms with Gasteiger partial charge in [0.05, 0.1) is 5.69 Å². The average molecular weight is 333 g/mol. The van der Waals surface area contributed by atoms with Gasteiger partial charge in [-0.05, 0) is 40.8 Å². The number of aromatic nitrogens is 2. The van der Waals surface area contributed by atoms with Gasteiger partial charge in [0.15, 0.2) is 0 Å². The summed E-state index contributed by atoms with van der Waals surface area (Å²) in [5, 5.41) is 4.11. The van der Waals surface area contributed by atoms with E-state index in [0.717, 1.165) is 0 Å². The molecule has 1 amide bonds. The summed E-state index contributed by atoms with van der Waals surface area (Å²) in [5.41, 5.74) is 12.2. The van der Waals surface area contributed by atoms with Crippen LogP contribution in [-0.4, -0.2) is 22.9 Å². The molecule has 4 N–H and O–H groups in total. The van der Waals surface area contributed by atoms with E-state index in [9.17, 15) is 4.79 Å². The number of primary amides is 1. The Morgan fingerprint density at radius 3 is 2.74 bits per heavy atom. The topological polar surface area (TPSA) is 98.1 Å². The van der Waals surface area contributed by atoms with Gasteiger partial charge in [0.1, 0.15) is 5.54 Å². The maximum absolute atomic E-state index is 11.9. The molecule has 0 saturated heterocycles. The number of rotatable bonds is 7. The Hall–Kier alpha value is -1.99. The maximum Gasteiger partial charge on any atom is 0.243 e. The Morgan fingerprint density at radius 1 is 1.43 bits per heavy atom. The minimum atomic E-state index is -1.28. The summed E-state index contributed by atoms with van der Waals surface area (Å²) in [7, 11) is 1.90. The summed E-state index contributed by atoms with van der Waals surface area (Å²) in [5.74, 6) is 0.166. The molecule has 0 aliphatic carbocycles. The molecule has 1 atom stereocenters. The highest BCUT2D eigenvalue weighted by Gasteiger charge is 2.36.